The number of carbonyl (C=O) groups is 2. The molecule has 28 heavy (non-hydrogen) atoms. The first-order valence-corrected chi connectivity index (χ1v) is 9.44. The summed E-state index contributed by atoms with van der Waals surface area (Å²) in [7, 11) is 1.96. The summed E-state index contributed by atoms with van der Waals surface area (Å²) in [4.78, 5) is 42.8. The maximum Gasteiger partial charge on any atom is 0.272 e. The highest BCUT2D eigenvalue weighted by atomic mass is 16.2. The van der Waals surface area contributed by atoms with Gasteiger partial charge in [0.25, 0.3) is 5.91 Å². The Labute approximate surface area is 165 Å². The Morgan fingerprint density at radius 1 is 1.07 bits per heavy atom. The van der Waals surface area contributed by atoms with E-state index in [-0.39, 0.29) is 11.8 Å². The molecule has 2 aromatic rings. The molecule has 3 heterocycles. The van der Waals surface area contributed by atoms with Gasteiger partial charge >= 0.3 is 0 Å². The van der Waals surface area contributed by atoms with Gasteiger partial charge in [-0.1, -0.05) is 0 Å². The quantitative estimate of drug-likeness (QED) is 0.772. The Bertz CT molecular complexity index is 834. The van der Waals surface area contributed by atoms with Crippen molar-refractivity contribution in [3.8, 4) is 0 Å². The van der Waals surface area contributed by atoms with E-state index in [1.54, 1.807) is 42.1 Å². The minimum atomic E-state index is -0.113. The van der Waals surface area contributed by atoms with Gasteiger partial charge in [0, 0.05) is 65.2 Å². The minimum absolute atomic E-state index is 0.0445. The lowest BCUT2D eigenvalue weighted by atomic mass is 10.2. The topological polar surface area (TPSA) is 82.5 Å². The molecule has 8 nitrogen and oxygen atoms in total. The van der Waals surface area contributed by atoms with Crippen LogP contribution < -0.4 is 4.90 Å². The highest BCUT2D eigenvalue weighted by molar-refractivity contribution is 5.93. The number of anilines is 1. The highest BCUT2D eigenvalue weighted by Gasteiger charge is 2.25. The van der Waals surface area contributed by atoms with Crippen molar-refractivity contribution in [1.29, 1.82) is 0 Å². The van der Waals surface area contributed by atoms with Gasteiger partial charge in [-0.2, -0.15) is 0 Å². The molecule has 0 N–H and O–H groups in total. The van der Waals surface area contributed by atoms with Gasteiger partial charge in [0.2, 0.25) is 5.91 Å². The van der Waals surface area contributed by atoms with Gasteiger partial charge in [-0.25, -0.2) is 9.97 Å². The molecule has 1 aliphatic heterocycles. The van der Waals surface area contributed by atoms with E-state index in [1.165, 1.54) is 5.56 Å². The third kappa shape index (κ3) is 4.82. The summed E-state index contributed by atoms with van der Waals surface area (Å²) >= 11 is 0. The molecule has 2 amide bonds. The van der Waals surface area contributed by atoms with Gasteiger partial charge in [0.15, 0.2) is 0 Å². The van der Waals surface area contributed by atoms with Gasteiger partial charge in [-0.3, -0.25) is 14.6 Å². The van der Waals surface area contributed by atoms with Crippen LogP contribution in [0.3, 0.4) is 0 Å². The Morgan fingerprint density at radius 2 is 1.71 bits per heavy atom. The number of hydrogen-bond donors (Lipinski definition) is 0. The van der Waals surface area contributed by atoms with E-state index in [2.05, 4.69) is 15.0 Å². The molecular weight excluding hydrogens is 356 g/mol. The second kappa shape index (κ2) is 8.77. The van der Waals surface area contributed by atoms with Gasteiger partial charge in [-0.15, -0.1) is 0 Å². The van der Waals surface area contributed by atoms with Crippen molar-refractivity contribution >= 4 is 17.6 Å². The maximum atomic E-state index is 12.9. The molecule has 0 saturated carbocycles. The zero-order valence-electron chi connectivity index (χ0n) is 16.6. The molecule has 0 spiro atoms. The molecule has 1 fully saturated rings. The smallest absolute Gasteiger partial charge is 0.272 e. The molecule has 148 valence electrons. The number of amides is 2. The summed E-state index contributed by atoms with van der Waals surface area (Å²) in [6.07, 6.45) is 4.43. The van der Waals surface area contributed by atoms with Crippen LogP contribution in [0.5, 0.6) is 0 Å². The first-order valence-electron chi connectivity index (χ1n) is 9.44. The Kier molecular flexibility index (Phi) is 6.18. The lowest BCUT2D eigenvalue weighted by Crippen LogP contribution is -2.50. The molecule has 1 saturated heterocycles. The summed E-state index contributed by atoms with van der Waals surface area (Å²) in [5, 5.41) is 0. The number of piperazine rings is 1. The molecule has 2 aromatic heterocycles. The predicted molar refractivity (Wildman–Crippen MR) is 106 cm³/mol. The zero-order valence-corrected chi connectivity index (χ0v) is 16.6. The second-order valence-electron chi connectivity index (χ2n) is 6.98. The standard InChI is InChI=1S/C20H26N6O2/c1-15-22-18(20(28)26-12-10-25(11-13-26)16(2)27)14-19(23-15)24(3)9-6-17-4-7-21-8-5-17/h4-5,7-8,14H,6,9-13H2,1-3H3. The van der Waals surface area contributed by atoms with E-state index in [4.69, 9.17) is 0 Å². The van der Waals surface area contributed by atoms with Gasteiger partial charge in [-0.05, 0) is 31.0 Å². The van der Waals surface area contributed by atoms with Crippen molar-refractivity contribution in [3.63, 3.8) is 0 Å². The van der Waals surface area contributed by atoms with Gasteiger partial charge in [0.05, 0.1) is 0 Å². The van der Waals surface area contributed by atoms with Crippen LogP contribution in [0.2, 0.25) is 0 Å². The summed E-state index contributed by atoms with van der Waals surface area (Å²) in [6, 6.07) is 5.74. The Morgan fingerprint density at radius 3 is 2.36 bits per heavy atom. The molecular formula is C20H26N6O2. The van der Waals surface area contributed by atoms with E-state index < -0.39 is 0 Å². The van der Waals surface area contributed by atoms with Crippen molar-refractivity contribution < 1.29 is 9.59 Å². The summed E-state index contributed by atoms with van der Waals surface area (Å²) in [6.45, 7) is 6.28. The molecule has 0 aromatic carbocycles. The maximum absolute atomic E-state index is 12.9. The van der Waals surface area contributed by atoms with Gasteiger partial charge in [0.1, 0.15) is 17.3 Å². The van der Waals surface area contributed by atoms with Crippen LogP contribution in [0.25, 0.3) is 0 Å². The number of aromatic nitrogens is 3. The summed E-state index contributed by atoms with van der Waals surface area (Å²) < 4.78 is 0. The van der Waals surface area contributed by atoms with Crippen LogP contribution in [0.1, 0.15) is 28.8 Å². The number of pyridine rings is 1. The molecule has 0 atom stereocenters. The summed E-state index contributed by atoms with van der Waals surface area (Å²) in [5.41, 5.74) is 1.60. The number of carbonyl (C=O) groups excluding carboxylic acids is 2. The largest absolute Gasteiger partial charge is 0.359 e. The fraction of sp³-hybridized carbons (Fsp3) is 0.450. The van der Waals surface area contributed by atoms with Crippen LogP contribution in [0.15, 0.2) is 30.6 Å². The van der Waals surface area contributed by atoms with E-state index in [0.717, 1.165) is 18.8 Å². The SMILES string of the molecule is CC(=O)N1CCN(C(=O)c2cc(N(C)CCc3ccncc3)nc(C)n2)CC1. The van der Waals surface area contributed by atoms with E-state index in [9.17, 15) is 9.59 Å². The van der Waals surface area contributed by atoms with Gasteiger partial charge < -0.3 is 14.7 Å². The number of rotatable bonds is 5. The van der Waals surface area contributed by atoms with Crippen molar-refractivity contribution in [2.45, 2.75) is 20.3 Å². The molecule has 0 unspecified atom stereocenters. The Hall–Kier alpha value is -3.03. The van der Waals surface area contributed by atoms with E-state index in [1.807, 2.05) is 24.1 Å². The minimum Gasteiger partial charge on any atom is -0.359 e. The molecule has 3 rings (SSSR count). The van der Waals surface area contributed by atoms with Crippen molar-refractivity contribution in [1.82, 2.24) is 24.8 Å². The monoisotopic (exact) mass is 382 g/mol. The van der Waals surface area contributed by atoms with Crippen LogP contribution >= 0.6 is 0 Å². The summed E-state index contributed by atoms with van der Waals surface area (Å²) in [5.74, 6) is 1.23. The number of hydrogen-bond acceptors (Lipinski definition) is 6. The van der Waals surface area contributed by atoms with E-state index in [0.29, 0.717) is 37.7 Å². The fourth-order valence-electron chi connectivity index (χ4n) is 3.20. The second-order valence-corrected chi connectivity index (χ2v) is 6.98. The average Bonchev–Trinajstić information content (AvgIpc) is 2.71. The lowest BCUT2D eigenvalue weighted by Gasteiger charge is -2.34. The number of likely N-dealkylation sites (N-methyl/N-ethyl adjacent to an activating group) is 1. The fourth-order valence-corrected chi connectivity index (χ4v) is 3.20. The van der Waals surface area contributed by atoms with Crippen LogP contribution in [-0.2, 0) is 11.2 Å². The van der Waals surface area contributed by atoms with Crippen LogP contribution in [0.4, 0.5) is 5.82 Å². The van der Waals surface area contributed by atoms with Crippen molar-refractivity contribution in [2.24, 2.45) is 0 Å². The highest BCUT2D eigenvalue weighted by Crippen LogP contribution is 2.15. The predicted octanol–water partition coefficient (Wildman–Crippen LogP) is 1.16. The molecule has 0 radical (unpaired) electrons. The van der Waals surface area contributed by atoms with Crippen LogP contribution in [-0.4, -0.2) is 76.3 Å². The molecule has 1 aliphatic rings. The third-order valence-corrected chi connectivity index (χ3v) is 4.93. The Balaban J connectivity index is 1.67. The normalized spacial score (nSPS) is 14.1. The van der Waals surface area contributed by atoms with Crippen molar-refractivity contribution in [3.05, 3.63) is 47.7 Å². The number of aryl methyl sites for hydroxylation is 1. The zero-order chi connectivity index (χ0) is 20.1. The number of nitrogens with zero attached hydrogens (tertiary/aromatic N) is 6. The van der Waals surface area contributed by atoms with E-state index >= 15 is 0 Å². The third-order valence-electron chi connectivity index (χ3n) is 4.93. The average molecular weight is 382 g/mol. The first kappa shape index (κ1) is 19.7. The molecule has 0 aliphatic carbocycles. The van der Waals surface area contributed by atoms with Crippen LogP contribution in [0, 0.1) is 6.92 Å². The molecule has 0 bridgehead atoms. The van der Waals surface area contributed by atoms with Crippen molar-refractivity contribution in [2.75, 3.05) is 44.7 Å². The molecule has 8 heteroatoms. The first-order chi connectivity index (χ1) is 13.4. The lowest BCUT2D eigenvalue weighted by molar-refractivity contribution is -0.130.